The molecule has 1 atom stereocenters. The number of hydrogen-bond acceptors (Lipinski definition) is 3. The highest BCUT2D eigenvalue weighted by atomic mass is 19.1. The SMILES string of the molecule is CC[C@H](C(=O)O)N(C)Cc1oc2ccc(F)cc2c1C. The van der Waals surface area contributed by atoms with Crippen LogP contribution in [0.3, 0.4) is 0 Å². The lowest BCUT2D eigenvalue weighted by Gasteiger charge is -2.22. The number of carbonyl (C=O) groups is 1. The lowest BCUT2D eigenvalue weighted by atomic mass is 10.1. The van der Waals surface area contributed by atoms with Gasteiger partial charge in [-0.1, -0.05) is 6.92 Å². The first kappa shape index (κ1) is 14.5. The van der Waals surface area contributed by atoms with E-state index in [0.29, 0.717) is 24.3 Å². The summed E-state index contributed by atoms with van der Waals surface area (Å²) >= 11 is 0. The van der Waals surface area contributed by atoms with Crippen molar-refractivity contribution < 1.29 is 18.7 Å². The Balaban J connectivity index is 2.30. The summed E-state index contributed by atoms with van der Waals surface area (Å²) in [4.78, 5) is 12.9. The molecule has 1 aromatic carbocycles. The summed E-state index contributed by atoms with van der Waals surface area (Å²) in [6.45, 7) is 4.07. The van der Waals surface area contributed by atoms with Crippen LogP contribution >= 0.6 is 0 Å². The zero-order valence-electron chi connectivity index (χ0n) is 11.8. The Labute approximate surface area is 116 Å². The summed E-state index contributed by atoms with van der Waals surface area (Å²) in [5.74, 6) is -0.485. The van der Waals surface area contributed by atoms with Crippen LogP contribution in [0.25, 0.3) is 11.0 Å². The van der Waals surface area contributed by atoms with E-state index in [4.69, 9.17) is 9.52 Å². The van der Waals surface area contributed by atoms with Gasteiger partial charge in [-0.05, 0) is 44.2 Å². The van der Waals surface area contributed by atoms with E-state index in [9.17, 15) is 9.18 Å². The highest BCUT2D eigenvalue weighted by molar-refractivity contribution is 5.82. The molecular weight excluding hydrogens is 261 g/mol. The zero-order chi connectivity index (χ0) is 14.9. The molecule has 0 amide bonds. The van der Waals surface area contributed by atoms with Gasteiger partial charge in [0.2, 0.25) is 0 Å². The summed E-state index contributed by atoms with van der Waals surface area (Å²) < 4.78 is 18.9. The highest BCUT2D eigenvalue weighted by Crippen LogP contribution is 2.27. The van der Waals surface area contributed by atoms with Gasteiger partial charge in [-0.25, -0.2) is 4.39 Å². The maximum absolute atomic E-state index is 13.2. The van der Waals surface area contributed by atoms with Gasteiger partial charge in [-0.15, -0.1) is 0 Å². The Bertz CT molecular complexity index is 635. The van der Waals surface area contributed by atoms with E-state index >= 15 is 0 Å². The summed E-state index contributed by atoms with van der Waals surface area (Å²) in [7, 11) is 1.75. The Hall–Kier alpha value is -1.88. The molecular formula is C15H18FNO3. The number of aliphatic carboxylic acids is 1. The molecule has 108 valence electrons. The molecule has 1 aromatic heterocycles. The van der Waals surface area contributed by atoms with Crippen LogP contribution in [0.4, 0.5) is 4.39 Å². The Morgan fingerprint density at radius 1 is 1.50 bits per heavy atom. The lowest BCUT2D eigenvalue weighted by molar-refractivity contribution is -0.143. The third-order valence-electron chi connectivity index (χ3n) is 3.59. The number of carboxylic acids is 1. The molecule has 1 heterocycles. The molecule has 0 bridgehead atoms. The van der Waals surface area contributed by atoms with Gasteiger partial charge in [-0.2, -0.15) is 0 Å². The van der Waals surface area contributed by atoms with Gasteiger partial charge < -0.3 is 9.52 Å². The van der Waals surface area contributed by atoms with Crippen molar-refractivity contribution in [3.63, 3.8) is 0 Å². The van der Waals surface area contributed by atoms with Crippen LogP contribution in [0.1, 0.15) is 24.7 Å². The molecule has 0 saturated heterocycles. The fraction of sp³-hybridized carbons (Fsp3) is 0.400. The van der Waals surface area contributed by atoms with Crippen molar-refractivity contribution in [1.82, 2.24) is 4.90 Å². The van der Waals surface area contributed by atoms with E-state index < -0.39 is 12.0 Å². The molecule has 0 saturated carbocycles. The smallest absolute Gasteiger partial charge is 0.320 e. The van der Waals surface area contributed by atoms with Gasteiger partial charge >= 0.3 is 5.97 Å². The maximum atomic E-state index is 13.2. The number of aryl methyl sites for hydroxylation is 1. The second-order valence-corrected chi connectivity index (χ2v) is 4.97. The first-order valence-corrected chi connectivity index (χ1v) is 6.54. The number of carboxylic acid groups (broad SMARTS) is 1. The molecule has 0 aliphatic heterocycles. The van der Waals surface area contributed by atoms with Crippen molar-refractivity contribution in [3.05, 3.63) is 35.3 Å². The van der Waals surface area contributed by atoms with E-state index in [1.165, 1.54) is 12.1 Å². The number of fused-ring (bicyclic) bond motifs is 1. The molecule has 0 radical (unpaired) electrons. The molecule has 20 heavy (non-hydrogen) atoms. The molecule has 0 spiro atoms. The standard InChI is InChI=1S/C15H18FNO3/c1-4-12(15(18)19)17(3)8-14-9(2)11-7-10(16)5-6-13(11)20-14/h5-7,12H,4,8H2,1-3H3,(H,18,19)/t12-/m1/s1. The average molecular weight is 279 g/mol. The van der Waals surface area contributed by atoms with Crippen LogP contribution in [0.5, 0.6) is 0 Å². The van der Waals surface area contributed by atoms with E-state index in [1.807, 2.05) is 13.8 Å². The third kappa shape index (κ3) is 2.67. The van der Waals surface area contributed by atoms with Gasteiger partial charge in [0.1, 0.15) is 23.2 Å². The zero-order valence-corrected chi connectivity index (χ0v) is 11.8. The number of nitrogens with zero attached hydrogens (tertiary/aromatic N) is 1. The van der Waals surface area contributed by atoms with Gasteiger partial charge in [0.05, 0.1) is 6.54 Å². The van der Waals surface area contributed by atoms with Crippen LogP contribution in [0, 0.1) is 12.7 Å². The summed E-state index contributed by atoms with van der Waals surface area (Å²) in [5.41, 5.74) is 1.47. The number of rotatable bonds is 5. The quantitative estimate of drug-likeness (QED) is 0.913. The Kier molecular flexibility index (Phi) is 4.09. The normalized spacial score (nSPS) is 13.1. The second kappa shape index (κ2) is 5.63. The van der Waals surface area contributed by atoms with Crippen molar-refractivity contribution in [3.8, 4) is 0 Å². The molecule has 4 nitrogen and oxygen atoms in total. The van der Waals surface area contributed by atoms with E-state index in [2.05, 4.69) is 0 Å². The molecule has 0 fully saturated rings. The van der Waals surface area contributed by atoms with Crippen LogP contribution in [-0.4, -0.2) is 29.1 Å². The lowest BCUT2D eigenvalue weighted by Crippen LogP contribution is -2.37. The van der Waals surface area contributed by atoms with E-state index in [-0.39, 0.29) is 5.82 Å². The fourth-order valence-corrected chi connectivity index (χ4v) is 2.41. The topological polar surface area (TPSA) is 53.7 Å². The van der Waals surface area contributed by atoms with Gasteiger partial charge in [0.25, 0.3) is 0 Å². The Morgan fingerprint density at radius 3 is 2.80 bits per heavy atom. The minimum atomic E-state index is -0.852. The van der Waals surface area contributed by atoms with Crippen molar-refractivity contribution in [2.75, 3.05) is 7.05 Å². The summed E-state index contributed by atoms with van der Waals surface area (Å²) in [5, 5.41) is 9.88. The van der Waals surface area contributed by atoms with E-state index in [1.54, 1.807) is 18.0 Å². The van der Waals surface area contributed by atoms with Crippen molar-refractivity contribution in [2.45, 2.75) is 32.9 Å². The number of halogens is 1. The molecule has 2 rings (SSSR count). The monoisotopic (exact) mass is 279 g/mol. The van der Waals surface area contributed by atoms with Crippen molar-refractivity contribution >= 4 is 16.9 Å². The van der Waals surface area contributed by atoms with Gasteiger partial charge in [-0.3, -0.25) is 9.69 Å². The molecule has 0 aliphatic rings. The van der Waals surface area contributed by atoms with Crippen molar-refractivity contribution in [1.29, 1.82) is 0 Å². The van der Waals surface area contributed by atoms with Crippen LogP contribution in [0.2, 0.25) is 0 Å². The number of hydrogen-bond donors (Lipinski definition) is 1. The van der Waals surface area contributed by atoms with Crippen LogP contribution < -0.4 is 0 Å². The highest BCUT2D eigenvalue weighted by Gasteiger charge is 2.22. The molecule has 0 unspecified atom stereocenters. The first-order chi connectivity index (χ1) is 9.43. The summed E-state index contributed by atoms with van der Waals surface area (Å²) in [6.07, 6.45) is 0.514. The maximum Gasteiger partial charge on any atom is 0.320 e. The summed E-state index contributed by atoms with van der Waals surface area (Å²) in [6, 6.07) is 3.83. The number of likely N-dealkylation sites (N-methyl/N-ethyl adjacent to an activating group) is 1. The third-order valence-corrected chi connectivity index (χ3v) is 3.59. The predicted molar refractivity (Wildman–Crippen MR) is 74.1 cm³/mol. The van der Waals surface area contributed by atoms with E-state index in [0.717, 1.165) is 10.9 Å². The predicted octanol–water partition coefficient (Wildman–Crippen LogP) is 3.18. The fourth-order valence-electron chi connectivity index (χ4n) is 2.41. The Morgan fingerprint density at radius 2 is 2.20 bits per heavy atom. The van der Waals surface area contributed by atoms with Crippen LogP contribution in [-0.2, 0) is 11.3 Å². The molecule has 2 aromatic rings. The number of benzene rings is 1. The largest absolute Gasteiger partial charge is 0.480 e. The average Bonchev–Trinajstić information content (AvgIpc) is 2.67. The van der Waals surface area contributed by atoms with Gasteiger partial charge in [0, 0.05) is 5.39 Å². The molecule has 1 N–H and O–H groups in total. The first-order valence-electron chi connectivity index (χ1n) is 6.54. The minimum Gasteiger partial charge on any atom is -0.480 e. The van der Waals surface area contributed by atoms with Crippen LogP contribution in [0.15, 0.2) is 22.6 Å². The molecule has 5 heteroatoms. The molecule has 0 aliphatic carbocycles. The number of furan rings is 1. The second-order valence-electron chi connectivity index (χ2n) is 4.97. The van der Waals surface area contributed by atoms with Crippen molar-refractivity contribution in [2.24, 2.45) is 0 Å². The van der Waals surface area contributed by atoms with Gasteiger partial charge in [0.15, 0.2) is 0 Å². The minimum absolute atomic E-state index is 0.307.